The SMILES string of the molecule is CNc1ccccc1C(=O)O[C@@H](C)C(=O)NCCC1=CCCCC1. The zero-order valence-corrected chi connectivity index (χ0v) is 14.4. The van der Waals surface area contributed by atoms with Gasteiger partial charge in [0, 0.05) is 19.3 Å². The van der Waals surface area contributed by atoms with E-state index in [1.54, 1.807) is 32.2 Å². The van der Waals surface area contributed by atoms with Crippen LogP contribution in [0.2, 0.25) is 0 Å². The summed E-state index contributed by atoms with van der Waals surface area (Å²) >= 11 is 0. The van der Waals surface area contributed by atoms with Crippen molar-refractivity contribution in [2.45, 2.75) is 45.1 Å². The molecule has 5 nitrogen and oxygen atoms in total. The van der Waals surface area contributed by atoms with Crippen molar-refractivity contribution in [1.29, 1.82) is 0 Å². The zero-order chi connectivity index (χ0) is 17.4. The highest BCUT2D eigenvalue weighted by atomic mass is 16.5. The van der Waals surface area contributed by atoms with E-state index in [9.17, 15) is 9.59 Å². The molecule has 2 rings (SSSR count). The molecule has 1 aliphatic rings. The second-order valence-electron chi connectivity index (χ2n) is 5.99. The van der Waals surface area contributed by atoms with E-state index >= 15 is 0 Å². The van der Waals surface area contributed by atoms with Gasteiger partial charge in [-0.2, -0.15) is 0 Å². The average Bonchev–Trinajstić information content (AvgIpc) is 2.62. The molecule has 24 heavy (non-hydrogen) atoms. The van der Waals surface area contributed by atoms with Gasteiger partial charge in [-0.25, -0.2) is 4.79 Å². The number of hydrogen-bond donors (Lipinski definition) is 2. The predicted molar refractivity (Wildman–Crippen MR) is 95.0 cm³/mol. The second kappa shape index (κ2) is 9.11. The molecule has 0 heterocycles. The highest BCUT2D eigenvalue weighted by molar-refractivity contribution is 5.97. The number of ether oxygens (including phenoxy) is 1. The van der Waals surface area contributed by atoms with E-state index < -0.39 is 12.1 Å². The molecule has 0 spiro atoms. The summed E-state index contributed by atoms with van der Waals surface area (Å²) in [6.45, 7) is 2.18. The fourth-order valence-corrected chi connectivity index (χ4v) is 2.78. The number of carbonyl (C=O) groups is 2. The smallest absolute Gasteiger partial charge is 0.341 e. The molecular formula is C19H26N2O3. The standard InChI is InChI=1S/C19H26N2O3/c1-14(18(22)21-13-12-15-8-4-3-5-9-15)24-19(23)16-10-6-7-11-17(16)20-2/h6-8,10-11,14,20H,3-5,9,12-13H2,1-2H3,(H,21,22)/t14-/m0/s1. The van der Waals surface area contributed by atoms with Crippen LogP contribution in [0, 0.1) is 0 Å². The van der Waals surface area contributed by atoms with Crippen molar-refractivity contribution in [3.05, 3.63) is 41.5 Å². The lowest BCUT2D eigenvalue weighted by molar-refractivity contribution is -0.129. The van der Waals surface area contributed by atoms with Crippen LogP contribution in [-0.2, 0) is 9.53 Å². The first-order valence-electron chi connectivity index (χ1n) is 8.55. The van der Waals surface area contributed by atoms with Crippen molar-refractivity contribution in [2.24, 2.45) is 0 Å². The van der Waals surface area contributed by atoms with Crippen LogP contribution in [0.3, 0.4) is 0 Å². The predicted octanol–water partition coefficient (Wildman–Crippen LogP) is 3.28. The third kappa shape index (κ3) is 5.11. The van der Waals surface area contributed by atoms with E-state index in [2.05, 4.69) is 16.7 Å². The Balaban J connectivity index is 1.80. The van der Waals surface area contributed by atoms with Crippen molar-refractivity contribution >= 4 is 17.6 Å². The van der Waals surface area contributed by atoms with Crippen LogP contribution < -0.4 is 10.6 Å². The second-order valence-corrected chi connectivity index (χ2v) is 5.99. The van der Waals surface area contributed by atoms with Crippen LogP contribution in [-0.4, -0.2) is 31.6 Å². The molecule has 0 saturated heterocycles. The maximum absolute atomic E-state index is 12.2. The topological polar surface area (TPSA) is 67.4 Å². The molecule has 0 unspecified atom stereocenters. The lowest BCUT2D eigenvalue weighted by Gasteiger charge is -2.16. The van der Waals surface area contributed by atoms with E-state index in [0.29, 0.717) is 17.8 Å². The Morgan fingerprint density at radius 2 is 2.04 bits per heavy atom. The van der Waals surface area contributed by atoms with Crippen LogP contribution in [0.1, 0.15) is 49.4 Å². The molecule has 0 fully saturated rings. The first kappa shape index (κ1) is 18.0. The highest BCUT2D eigenvalue weighted by Gasteiger charge is 2.20. The van der Waals surface area contributed by atoms with E-state index in [0.717, 1.165) is 19.3 Å². The summed E-state index contributed by atoms with van der Waals surface area (Å²) in [4.78, 5) is 24.3. The van der Waals surface area contributed by atoms with E-state index in [4.69, 9.17) is 4.74 Å². The lowest BCUT2D eigenvalue weighted by atomic mass is 9.97. The Morgan fingerprint density at radius 3 is 2.75 bits per heavy atom. The molecular weight excluding hydrogens is 304 g/mol. The molecule has 1 aliphatic carbocycles. The normalized spacial score (nSPS) is 15.2. The summed E-state index contributed by atoms with van der Waals surface area (Å²) in [5.41, 5.74) is 2.51. The number of allylic oxidation sites excluding steroid dienone is 1. The van der Waals surface area contributed by atoms with Gasteiger partial charge in [0.2, 0.25) is 0 Å². The van der Waals surface area contributed by atoms with Gasteiger partial charge in [-0.15, -0.1) is 0 Å². The number of nitrogens with one attached hydrogen (secondary N) is 2. The van der Waals surface area contributed by atoms with Gasteiger partial charge in [-0.05, 0) is 51.2 Å². The summed E-state index contributed by atoms with van der Waals surface area (Å²) in [6.07, 6.45) is 7.09. The van der Waals surface area contributed by atoms with Crippen LogP contribution in [0.25, 0.3) is 0 Å². The first-order valence-corrected chi connectivity index (χ1v) is 8.55. The lowest BCUT2D eigenvalue weighted by Crippen LogP contribution is -2.36. The number of benzene rings is 1. The number of para-hydroxylation sites is 1. The number of anilines is 1. The molecule has 0 aromatic heterocycles. The molecule has 5 heteroatoms. The number of rotatable bonds is 7. The van der Waals surface area contributed by atoms with Crippen molar-refractivity contribution < 1.29 is 14.3 Å². The molecule has 130 valence electrons. The Labute approximate surface area is 143 Å². The minimum atomic E-state index is -0.817. The molecule has 0 aliphatic heterocycles. The fraction of sp³-hybridized carbons (Fsp3) is 0.474. The summed E-state index contributed by atoms with van der Waals surface area (Å²) in [5.74, 6) is -0.765. The molecule has 2 N–H and O–H groups in total. The third-order valence-electron chi connectivity index (χ3n) is 4.20. The zero-order valence-electron chi connectivity index (χ0n) is 14.4. The Hall–Kier alpha value is -2.30. The van der Waals surface area contributed by atoms with E-state index in [-0.39, 0.29) is 5.91 Å². The van der Waals surface area contributed by atoms with E-state index in [1.807, 2.05) is 6.07 Å². The van der Waals surface area contributed by atoms with Gasteiger partial charge in [-0.3, -0.25) is 4.79 Å². The van der Waals surface area contributed by atoms with Gasteiger partial charge in [0.1, 0.15) is 0 Å². The number of esters is 1. The van der Waals surface area contributed by atoms with Gasteiger partial charge in [-0.1, -0.05) is 23.8 Å². The first-order chi connectivity index (χ1) is 11.6. The molecule has 0 radical (unpaired) electrons. The monoisotopic (exact) mass is 330 g/mol. The van der Waals surface area contributed by atoms with Crippen molar-refractivity contribution in [3.63, 3.8) is 0 Å². The number of hydrogen-bond acceptors (Lipinski definition) is 4. The van der Waals surface area contributed by atoms with Gasteiger partial charge < -0.3 is 15.4 Å². The summed E-state index contributed by atoms with van der Waals surface area (Å²) in [7, 11) is 1.74. The molecule has 1 aromatic carbocycles. The van der Waals surface area contributed by atoms with Gasteiger partial charge in [0.15, 0.2) is 6.10 Å². The maximum Gasteiger partial charge on any atom is 0.341 e. The van der Waals surface area contributed by atoms with Crippen molar-refractivity contribution in [2.75, 3.05) is 18.9 Å². The molecule has 1 amide bonds. The highest BCUT2D eigenvalue weighted by Crippen LogP contribution is 2.19. The summed E-state index contributed by atoms with van der Waals surface area (Å²) in [5, 5.41) is 5.78. The molecule has 0 bridgehead atoms. The summed E-state index contributed by atoms with van der Waals surface area (Å²) < 4.78 is 5.28. The van der Waals surface area contributed by atoms with Crippen molar-refractivity contribution in [1.82, 2.24) is 5.32 Å². The Bertz CT molecular complexity index is 610. The average molecular weight is 330 g/mol. The van der Waals surface area contributed by atoms with Crippen molar-refractivity contribution in [3.8, 4) is 0 Å². The minimum Gasteiger partial charge on any atom is -0.449 e. The maximum atomic E-state index is 12.2. The minimum absolute atomic E-state index is 0.262. The molecule has 1 aromatic rings. The number of carbonyl (C=O) groups excluding carboxylic acids is 2. The Kier molecular flexibility index (Phi) is 6.85. The Morgan fingerprint density at radius 1 is 1.25 bits per heavy atom. The van der Waals surface area contributed by atoms with Crippen LogP contribution in [0.15, 0.2) is 35.9 Å². The van der Waals surface area contributed by atoms with Gasteiger partial charge in [0.25, 0.3) is 5.91 Å². The quantitative estimate of drug-likeness (QED) is 0.595. The third-order valence-corrected chi connectivity index (χ3v) is 4.20. The van der Waals surface area contributed by atoms with Gasteiger partial charge in [0.05, 0.1) is 5.56 Å². The van der Waals surface area contributed by atoms with E-state index in [1.165, 1.54) is 18.4 Å². The molecule has 0 saturated carbocycles. The largest absolute Gasteiger partial charge is 0.449 e. The van der Waals surface area contributed by atoms with Crippen LogP contribution in [0.4, 0.5) is 5.69 Å². The van der Waals surface area contributed by atoms with Crippen LogP contribution >= 0.6 is 0 Å². The fourth-order valence-electron chi connectivity index (χ4n) is 2.78. The molecule has 1 atom stereocenters. The van der Waals surface area contributed by atoms with Gasteiger partial charge >= 0.3 is 5.97 Å². The van der Waals surface area contributed by atoms with Crippen LogP contribution in [0.5, 0.6) is 0 Å². The number of amides is 1. The summed E-state index contributed by atoms with van der Waals surface area (Å²) in [6, 6.07) is 7.06.